The van der Waals surface area contributed by atoms with Crippen molar-refractivity contribution in [2.24, 2.45) is 0 Å². The predicted octanol–water partition coefficient (Wildman–Crippen LogP) is 2.87. The van der Waals surface area contributed by atoms with Crippen LogP contribution < -0.4 is 15.5 Å². The summed E-state index contributed by atoms with van der Waals surface area (Å²) in [6, 6.07) is 1.86. The maximum Gasteiger partial charge on any atom is 0.259 e. The maximum absolute atomic E-state index is 14.5. The standard InChI is InChI=1S/C23H25FN8O/c1-12-8-31(9-13(2)27-12)21-17-6-25-15(4)29-20(17)18(7-26-21)23(33)30-16-5-19(24)22-28-14(3)10-32(22)11-16/h5-7,10-13,27H,8-9H2,1-4H3,(H,30,33). The van der Waals surface area contributed by atoms with Gasteiger partial charge >= 0.3 is 0 Å². The van der Waals surface area contributed by atoms with Crippen LogP contribution >= 0.6 is 0 Å². The van der Waals surface area contributed by atoms with Gasteiger partial charge in [-0.3, -0.25) is 4.79 Å². The topological polar surface area (TPSA) is 100 Å². The van der Waals surface area contributed by atoms with Crippen molar-refractivity contribution in [1.29, 1.82) is 0 Å². The summed E-state index contributed by atoms with van der Waals surface area (Å²) in [6.45, 7) is 9.40. The van der Waals surface area contributed by atoms with E-state index in [0.29, 0.717) is 45.8 Å². The first-order chi connectivity index (χ1) is 15.8. The van der Waals surface area contributed by atoms with Gasteiger partial charge in [-0.15, -0.1) is 0 Å². The number of nitrogens with zero attached hydrogens (tertiary/aromatic N) is 6. The van der Waals surface area contributed by atoms with Gasteiger partial charge in [-0.1, -0.05) is 0 Å². The van der Waals surface area contributed by atoms with E-state index in [2.05, 4.69) is 49.3 Å². The molecule has 5 rings (SSSR count). The van der Waals surface area contributed by atoms with Crippen molar-refractivity contribution in [1.82, 2.24) is 29.7 Å². The van der Waals surface area contributed by atoms with Crippen LogP contribution in [-0.4, -0.2) is 55.4 Å². The highest BCUT2D eigenvalue weighted by Crippen LogP contribution is 2.28. The average Bonchev–Trinajstić information content (AvgIpc) is 3.12. The Morgan fingerprint density at radius 1 is 1.12 bits per heavy atom. The summed E-state index contributed by atoms with van der Waals surface area (Å²) < 4.78 is 16.0. The smallest absolute Gasteiger partial charge is 0.259 e. The van der Waals surface area contributed by atoms with Crippen LogP contribution in [0, 0.1) is 19.7 Å². The molecule has 4 aromatic heterocycles. The van der Waals surface area contributed by atoms with E-state index in [1.54, 1.807) is 36.8 Å². The van der Waals surface area contributed by atoms with Crippen molar-refractivity contribution in [3.63, 3.8) is 0 Å². The molecule has 33 heavy (non-hydrogen) atoms. The summed E-state index contributed by atoms with van der Waals surface area (Å²) in [5.41, 5.74) is 2.04. The number of carbonyl (C=O) groups is 1. The number of piperazine rings is 1. The summed E-state index contributed by atoms with van der Waals surface area (Å²) in [6.07, 6.45) is 6.58. The van der Waals surface area contributed by atoms with Gasteiger partial charge < -0.3 is 19.9 Å². The van der Waals surface area contributed by atoms with Gasteiger partial charge in [0, 0.05) is 56.0 Å². The molecular weight excluding hydrogens is 423 g/mol. The van der Waals surface area contributed by atoms with E-state index in [-0.39, 0.29) is 5.65 Å². The van der Waals surface area contributed by atoms with Gasteiger partial charge in [0.1, 0.15) is 11.6 Å². The molecule has 0 saturated carbocycles. The molecule has 2 atom stereocenters. The van der Waals surface area contributed by atoms with Crippen LogP contribution in [0.3, 0.4) is 0 Å². The Morgan fingerprint density at radius 2 is 1.88 bits per heavy atom. The fourth-order valence-corrected chi connectivity index (χ4v) is 4.46. The normalized spacial score (nSPS) is 18.8. The second kappa shape index (κ2) is 8.04. The van der Waals surface area contributed by atoms with Crippen LogP contribution in [0.1, 0.15) is 35.7 Å². The lowest BCUT2D eigenvalue weighted by molar-refractivity contribution is 0.102. The Balaban J connectivity index is 1.53. The molecule has 1 aliphatic heterocycles. The zero-order valence-corrected chi connectivity index (χ0v) is 18.9. The first-order valence-electron chi connectivity index (χ1n) is 10.9. The molecule has 0 radical (unpaired) electrons. The van der Waals surface area contributed by atoms with Crippen LogP contribution in [0.2, 0.25) is 0 Å². The predicted molar refractivity (Wildman–Crippen MR) is 124 cm³/mol. The van der Waals surface area contributed by atoms with E-state index in [1.165, 1.54) is 12.3 Å². The molecule has 10 heteroatoms. The number of nitrogens with one attached hydrogen (secondary N) is 2. The highest BCUT2D eigenvalue weighted by Gasteiger charge is 2.25. The number of fused-ring (bicyclic) bond motifs is 2. The van der Waals surface area contributed by atoms with Gasteiger partial charge in [-0.25, -0.2) is 24.3 Å². The quantitative estimate of drug-likeness (QED) is 0.497. The fourth-order valence-electron chi connectivity index (χ4n) is 4.46. The third-order valence-electron chi connectivity index (χ3n) is 5.71. The summed E-state index contributed by atoms with van der Waals surface area (Å²) in [5.74, 6) is 0.370. The Bertz CT molecular complexity index is 1370. The van der Waals surface area contributed by atoms with Crippen molar-refractivity contribution >= 4 is 34.0 Å². The number of carbonyl (C=O) groups excluding carboxylic acids is 1. The largest absolute Gasteiger partial charge is 0.353 e. The van der Waals surface area contributed by atoms with Crippen LogP contribution in [0.15, 0.2) is 30.9 Å². The van der Waals surface area contributed by atoms with Gasteiger partial charge in [0.2, 0.25) is 0 Å². The number of imidazole rings is 1. The molecule has 9 nitrogen and oxygen atoms in total. The highest BCUT2D eigenvalue weighted by molar-refractivity contribution is 6.13. The van der Waals surface area contributed by atoms with Crippen LogP contribution in [-0.2, 0) is 0 Å². The molecule has 0 spiro atoms. The molecule has 1 fully saturated rings. The Kier molecular flexibility index (Phi) is 5.16. The third-order valence-corrected chi connectivity index (χ3v) is 5.71. The molecule has 1 amide bonds. The van der Waals surface area contributed by atoms with E-state index < -0.39 is 11.7 Å². The number of anilines is 2. The molecule has 2 unspecified atom stereocenters. The van der Waals surface area contributed by atoms with Crippen molar-refractivity contribution in [2.75, 3.05) is 23.3 Å². The number of hydrogen-bond donors (Lipinski definition) is 2. The average molecular weight is 449 g/mol. The lowest BCUT2D eigenvalue weighted by Crippen LogP contribution is -2.54. The lowest BCUT2D eigenvalue weighted by Gasteiger charge is -2.37. The Hall–Kier alpha value is -3.66. The summed E-state index contributed by atoms with van der Waals surface area (Å²) in [7, 11) is 0. The molecule has 1 saturated heterocycles. The number of halogens is 1. The van der Waals surface area contributed by atoms with E-state index >= 15 is 0 Å². The number of aromatic nitrogens is 5. The minimum Gasteiger partial charge on any atom is -0.353 e. The zero-order valence-electron chi connectivity index (χ0n) is 18.9. The molecule has 170 valence electrons. The van der Waals surface area contributed by atoms with Crippen molar-refractivity contribution < 1.29 is 9.18 Å². The van der Waals surface area contributed by atoms with Crippen molar-refractivity contribution in [3.8, 4) is 0 Å². The van der Waals surface area contributed by atoms with E-state index in [9.17, 15) is 9.18 Å². The molecule has 4 aromatic rings. The summed E-state index contributed by atoms with van der Waals surface area (Å²) >= 11 is 0. The second-order valence-corrected chi connectivity index (χ2v) is 8.69. The number of rotatable bonds is 3. The van der Waals surface area contributed by atoms with Gasteiger partial charge in [0.15, 0.2) is 11.5 Å². The number of amides is 1. The van der Waals surface area contributed by atoms with Crippen molar-refractivity contribution in [2.45, 2.75) is 39.8 Å². The second-order valence-electron chi connectivity index (χ2n) is 8.69. The fraction of sp³-hybridized carbons (Fsp3) is 0.348. The number of aryl methyl sites for hydroxylation is 2. The summed E-state index contributed by atoms with van der Waals surface area (Å²) in [5, 5.41) is 6.99. The van der Waals surface area contributed by atoms with Gasteiger partial charge in [0.05, 0.1) is 27.8 Å². The molecule has 2 N–H and O–H groups in total. The zero-order chi connectivity index (χ0) is 23.3. The minimum atomic E-state index is -0.514. The first kappa shape index (κ1) is 21.2. The van der Waals surface area contributed by atoms with E-state index in [0.717, 1.165) is 18.9 Å². The monoisotopic (exact) mass is 448 g/mol. The Morgan fingerprint density at radius 3 is 2.64 bits per heavy atom. The van der Waals surface area contributed by atoms with Crippen molar-refractivity contribution in [3.05, 3.63) is 53.8 Å². The highest BCUT2D eigenvalue weighted by atomic mass is 19.1. The summed E-state index contributed by atoms with van der Waals surface area (Å²) in [4.78, 5) is 33.1. The molecular formula is C23H25FN8O. The maximum atomic E-state index is 14.5. The first-order valence-corrected chi connectivity index (χ1v) is 10.9. The van der Waals surface area contributed by atoms with Crippen LogP contribution in [0.4, 0.5) is 15.9 Å². The minimum absolute atomic E-state index is 0.213. The molecule has 0 aliphatic carbocycles. The van der Waals surface area contributed by atoms with Crippen LogP contribution in [0.25, 0.3) is 16.6 Å². The molecule has 0 aromatic carbocycles. The number of hydrogen-bond acceptors (Lipinski definition) is 7. The van der Waals surface area contributed by atoms with E-state index in [1.807, 2.05) is 0 Å². The molecule has 5 heterocycles. The lowest BCUT2D eigenvalue weighted by atomic mass is 10.1. The molecule has 1 aliphatic rings. The van der Waals surface area contributed by atoms with E-state index in [4.69, 9.17) is 0 Å². The number of pyridine rings is 2. The Labute approximate surface area is 190 Å². The van der Waals surface area contributed by atoms with Gasteiger partial charge in [-0.05, 0) is 27.7 Å². The molecule has 0 bridgehead atoms. The van der Waals surface area contributed by atoms with Gasteiger partial charge in [0.25, 0.3) is 5.91 Å². The van der Waals surface area contributed by atoms with Crippen LogP contribution in [0.5, 0.6) is 0 Å². The SMILES string of the molecule is Cc1cn2cc(NC(=O)c3cnc(N4CC(C)NC(C)C4)c4cnc(C)nc34)cc(F)c2n1. The third kappa shape index (κ3) is 3.97. The van der Waals surface area contributed by atoms with Gasteiger partial charge in [-0.2, -0.15) is 0 Å².